The number of nitrogens with zero attached hydrogens (tertiary/aromatic N) is 3. The number of anilines is 1. The van der Waals surface area contributed by atoms with Crippen LogP contribution in [0.25, 0.3) is 0 Å². The second-order valence-electron chi connectivity index (χ2n) is 20.2. The molecule has 6 atom stereocenters. The molecular formula is C59H75N7O20. The highest BCUT2D eigenvalue weighted by molar-refractivity contribution is 6.01. The van der Waals surface area contributed by atoms with Gasteiger partial charge in [-0.05, 0) is 79.8 Å². The van der Waals surface area contributed by atoms with Crippen LogP contribution in [-0.4, -0.2) is 206 Å². The van der Waals surface area contributed by atoms with Crippen LogP contribution in [0.4, 0.5) is 5.69 Å². The number of aliphatic hydroxyl groups excluding tert-OH is 4. The van der Waals surface area contributed by atoms with E-state index in [9.17, 15) is 49.8 Å². The largest absolute Gasteiger partial charge is 0.508 e. The van der Waals surface area contributed by atoms with Gasteiger partial charge in [-0.25, -0.2) is 9.48 Å². The van der Waals surface area contributed by atoms with Gasteiger partial charge >= 0.3 is 5.97 Å². The number of phenolic OH excluding ortho intramolecular Hbond substituents is 2. The lowest BCUT2D eigenvalue weighted by Crippen LogP contribution is -2.59. The van der Waals surface area contributed by atoms with Crippen LogP contribution in [0.2, 0.25) is 0 Å². The predicted molar refractivity (Wildman–Crippen MR) is 302 cm³/mol. The zero-order chi connectivity index (χ0) is 60.8. The fourth-order valence-electron chi connectivity index (χ4n) is 9.76. The second kappa shape index (κ2) is 32.5. The van der Waals surface area contributed by atoms with Crippen molar-refractivity contribution >= 4 is 29.4 Å². The summed E-state index contributed by atoms with van der Waals surface area (Å²) in [6, 6.07) is 19.5. The van der Waals surface area contributed by atoms with Gasteiger partial charge in [-0.2, -0.15) is 0 Å². The number of carbonyl (C=O) groups excluding carboxylic acids is 4. The molecule has 4 heterocycles. The molecular weight excluding hydrogens is 1130 g/mol. The van der Waals surface area contributed by atoms with Crippen LogP contribution in [0.3, 0.4) is 0 Å². The van der Waals surface area contributed by atoms with Crippen molar-refractivity contribution in [3.63, 3.8) is 0 Å². The number of esters is 1. The van der Waals surface area contributed by atoms with E-state index in [1.807, 2.05) is 0 Å². The summed E-state index contributed by atoms with van der Waals surface area (Å²) < 4.78 is 57.3. The number of aliphatic hydroxyl groups is 4. The Kier molecular flexibility index (Phi) is 24.5. The lowest BCUT2D eigenvalue weighted by Gasteiger charge is -2.39. The van der Waals surface area contributed by atoms with Crippen molar-refractivity contribution in [2.75, 3.05) is 111 Å². The summed E-state index contributed by atoms with van der Waals surface area (Å²) in [4.78, 5) is 54.1. The van der Waals surface area contributed by atoms with Crippen LogP contribution in [0.1, 0.15) is 80.4 Å². The van der Waals surface area contributed by atoms with Crippen LogP contribution in [0, 0.1) is 0 Å². The Hall–Kier alpha value is -7.22. The lowest BCUT2D eigenvalue weighted by atomic mass is 9.77. The number of rotatable bonds is 36. The van der Waals surface area contributed by atoms with E-state index in [2.05, 4.69) is 26.3 Å². The average molecular weight is 1200 g/mol. The van der Waals surface area contributed by atoms with Crippen molar-refractivity contribution in [3.05, 3.63) is 124 Å². The highest BCUT2D eigenvalue weighted by atomic mass is 16.7. The number of carbonyl (C=O) groups is 4. The summed E-state index contributed by atoms with van der Waals surface area (Å²) in [5, 5.41) is 77.7. The van der Waals surface area contributed by atoms with Crippen molar-refractivity contribution in [1.82, 2.24) is 25.6 Å². The first-order valence-electron chi connectivity index (χ1n) is 28.5. The molecule has 86 heavy (non-hydrogen) atoms. The normalized spacial score (nSPS) is 18.6. The molecule has 0 aliphatic carbocycles. The first-order chi connectivity index (χ1) is 41.8. The molecule has 466 valence electrons. The molecule has 1 fully saturated rings. The average Bonchev–Trinajstić information content (AvgIpc) is 1.47. The van der Waals surface area contributed by atoms with Gasteiger partial charge in [-0.15, -0.1) is 5.10 Å². The number of hydrogen-bond acceptors (Lipinski definition) is 23. The van der Waals surface area contributed by atoms with Gasteiger partial charge in [0.2, 0.25) is 11.8 Å². The van der Waals surface area contributed by atoms with E-state index in [0.717, 1.165) is 5.56 Å². The van der Waals surface area contributed by atoms with Crippen molar-refractivity contribution < 1.29 is 97.2 Å². The molecule has 11 N–H and O–H groups in total. The first-order valence-corrected chi connectivity index (χ1v) is 28.5. The van der Waals surface area contributed by atoms with Gasteiger partial charge in [0.05, 0.1) is 111 Å². The van der Waals surface area contributed by atoms with E-state index >= 15 is 0 Å². The molecule has 0 saturated carbocycles. The van der Waals surface area contributed by atoms with Gasteiger partial charge in [-0.3, -0.25) is 14.4 Å². The van der Waals surface area contributed by atoms with Crippen LogP contribution in [0.5, 0.6) is 23.0 Å². The summed E-state index contributed by atoms with van der Waals surface area (Å²) in [5.41, 5.74) is 6.99. The predicted octanol–water partition coefficient (Wildman–Crippen LogP) is 1.46. The smallest absolute Gasteiger partial charge is 0.340 e. The maximum Gasteiger partial charge on any atom is 0.340 e. The number of phenols is 2. The number of ether oxygens (including phenoxy) is 10. The minimum Gasteiger partial charge on any atom is -0.508 e. The molecule has 0 radical (unpaired) electrons. The number of nitrogens with two attached hydrogens (primary N) is 1. The van der Waals surface area contributed by atoms with Crippen molar-refractivity contribution in [1.29, 1.82) is 0 Å². The minimum atomic E-state index is -1.57. The maximum absolute atomic E-state index is 14.1. The summed E-state index contributed by atoms with van der Waals surface area (Å²) in [7, 11) is 0. The van der Waals surface area contributed by atoms with E-state index in [1.165, 1.54) is 35.0 Å². The Morgan fingerprint density at radius 3 is 1.92 bits per heavy atom. The van der Waals surface area contributed by atoms with Gasteiger partial charge in [0.1, 0.15) is 59.1 Å². The van der Waals surface area contributed by atoms with Crippen molar-refractivity contribution in [3.8, 4) is 23.0 Å². The molecule has 27 nitrogen and oxygen atoms in total. The molecule has 1 spiro atoms. The van der Waals surface area contributed by atoms with Crippen molar-refractivity contribution in [2.24, 2.45) is 5.73 Å². The van der Waals surface area contributed by atoms with E-state index in [-0.39, 0.29) is 72.6 Å². The number of aromatic hydroxyl groups is 2. The van der Waals surface area contributed by atoms with E-state index in [0.29, 0.717) is 133 Å². The quantitative estimate of drug-likeness (QED) is 0.0200. The van der Waals surface area contributed by atoms with Gasteiger partial charge < -0.3 is 99.7 Å². The summed E-state index contributed by atoms with van der Waals surface area (Å²) in [5.74, 6) is -1.63. The van der Waals surface area contributed by atoms with Crippen LogP contribution in [-0.2, 0) is 70.8 Å². The number of amides is 3. The number of unbranched alkanes of at least 4 members (excludes halogenated alkanes) is 1. The van der Waals surface area contributed by atoms with Crippen LogP contribution in [0.15, 0.2) is 85.1 Å². The van der Waals surface area contributed by atoms with Crippen LogP contribution >= 0.6 is 0 Å². The van der Waals surface area contributed by atoms with Gasteiger partial charge in [0.25, 0.3) is 5.91 Å². The van der Waals surface area contributed by atoms with E-state index < -0.39 is 66.7 Å². The fraction of sp³-hybridized carbons (Fsp3) is 0.492. The number of benzene rings is 4. The first kappa shape index (κ1) is 64.8. The molecule has 8 rings (SSSR count). The summed E-state index contributed by atoms with van der Waals surface area (Å²) in [6.45, 7) is 5.08. The molecule has 0 bridgehead atoms. The molecule has 27 heteroatoms. The molecule has 1 aromatic heterocycles. The highest BCUT2D eigenvalue weighted by Gasteiger charge is 2.54. The Balaban J connectivity index is 0.805. The topological polar surface area (TPSA) is 375 Å². The third kappa shape index (κ3) is 17.3. The Bertz CT molecular complexity index is 2950. The molecule has 3 amide bonds. The molecule has 1 saturated heterocycles. The number of nitrogens with one attached hydrogen (secondary N) is 3. The zero-order valence-electron chi connectivity index (χ0n) is 47.4. The SMILES string of the molecule is NCCOCCOCCOCCOCCOCCOCCC(=O)NCCCC[C@@H](C(=O)Nc1ccc(CCO[C@@H]2O[C@H](CO)[C@@H](O)[C@H](O)[C@H]2O)cc1)n1cc(CNC(=O)c2ccc3c(c2)C(=O)OC32c3ccc(O)cc3Oc3cc(O)ccc32)nn1. The van der Waals surface area contributed by atoms with Gasteiger partial charge in [0, 0.05) is 59.6 Å². The monoisotopic (exact) mass is 1200 g/mol. The lowest BCUT2D eigenvalue weighted by molar-refractivity contribution is -0.300. The third-order valence-electron chi connectivity index (χ3n) is 14.2. The Morgan fingerprint density at radius 1 is 0.698 bits per heavy atom. The van der Waals surface area contributed by atoms with E-state index in [1.54, 1.807) is 54.7 Å². The molecule has 3 aliphatic heterocycles. The zero-order valence-corrected chi connectivity index (χ0v) is 47.4. The summed E-state index contributed by atoms with van der Waals surface area (Å²) in [6.07, 6.45) is -3.67. The molecule has 4 aromatic carbocycles. The number of hydrogen-bond donors (Lipinski definition) is 10. The summed E-state index contributed by atoms with van der Waals surface area (Å²) >= 11 is 0. The van der Waals surface area contributed by atoms with Crippen molar-refractivity contribution in [2.45, 2.75) is 81.0 Å². The molecule has 3 aliphatic rings. The number of fused-ring (bicyclic) bond motifs is 6. The van der Waals surface area contributed by atoms with Gasteiger partial charge in [0.15, 0.2) is 11.9 Å². The molecule has 5 aromatic rings. The fourth-order valence-corrected chi connectivity index (χ4v) is 9.76. The third-order valence-corrected chi connectivity index (χ3v) is 14.2. The van der Waals surface area contributed by atoms with Gasteiger partial charge in [-0.1, -0.05) is 23.4 Å². The minimum absolute atomic E-state index is 0.0568. The van der Waals surface area contributed by atoms with E-state index in [4.69, 9.17) is 53.1 Å². The standard InChI is InChI=1S/C59H75N7O20/c60-16-20-78-22-24-80-26-28-82-30-29-81-27-25-79-23-21-77-18-15-51(70)61-17-2-1-3-47(56(75)63-39-7-4-37(5-8-39)14-19-83-58-54(73)53(72)52(71)50(36-67)85-58)66-35-40(64-65-66)34-62-55(74)38-6-11-44-43(31-38)57(76)86-59(44)45-12-9-41(68)32-48(45)84-49-33-42(69)10-13-46(49)59/h4-13,31-33,35,47,50,52-54,58,67-69,71-73H,1-3,14-30,34,36,60H2,(H,61,70)(H,62,74)(H,63,75)/t47-,50+,52+,53-,54+,58+/m0/s1. The Labute approximate surface area is 495 Å². The maximum atomic E-state index is 14.1. The van der Waals surface area contributed by atoms with Crippen LogP contribution < -0.4 is 26.4 Å². The molecule has 0 unspecified atom stereocenters. The highest BCUT2D eigenvalue weighted by Crippen LogP contribution is 2.57. The Morgan fingerprint density at radius 2 is 1.30 bits per heavy atom. The number of aromatic nitrogens is 3. The second-order valence-corrected chi connectivity index (χ2v) is 20.2.